The molecule has 0 saturated carbocycles. The Labute approximate surface area is 237 Å². The summed E-state index contributed by atoms with van der Waals surface area (Å²) in [5, 5.41) is 20.2. The lowest BCUT2D eigenvalue weighted by atomic mass is 9.98. The van der Waals surface area contributed by atoms with Gasteiger partial charge in [0.2, 0.25) is 5.91 Å². The predicted octanol–water partition coefficient (Wildman–Crippen LogP) is 3.83. The van der Waals surface area contributed by atoms with Crippen LogP contribution in [0.3, 0.4) is 0 Å². The molecule has 0 atom stereocenters. The summed E-state index contributed by atoms with van der Waals surface area (Å²) in [7, 11) is 1.59. The van der Waals surface area contributed by atoms with Gasteiger partial charge < -0.3 is 30.1 Å². The molecule has 2 aromatic heterocycles. The number of nitrogens with zero attached hydrogens (tertiary/aromatic N) is 5. The molecule has 3 N–H and O–H groups in total. The fraction of sp³-hybridized carbons (Fsp3) is 0.379. The van der Waals surface area contributed by atoms with Gasteiger partial charge in [0.15, 0.2) is 11.5 Å². The van der Waals surface area contributed by atoms with Gasteiger partial charge in [0.05, 0.1) is 31.1 Å². The minimum Gasteiger partial charge on any atom is -0.493 e. The second-order valence-electron chi connectivity index (χ2n) is 10.0. The third-order valence-electron chi connectivity index (χ3n) is 7.07. The number of fused-ring (bicyclic) bond motifs is 1. The number of aromatic nitrogens is 4. The van der Waals surface area contributed by atoms with Crippen molar-refractivity contribution in [3.05, 3.63) is 60.9 Å². The molecule has 1 saturated heterocycles. The first-order chi connectivity index (χ1) is 20.0. The van der Waals surface area contributed by atoms with Crippen LogP contribution in [-0.2, 0) is 11.3 Å². The number of aliphatic hydroxyl groups is 1. The molecular formula is C29H34FN7O4. The van der Waals surface area contributed by atoms with Crippen LogP contribution < -0.4 is 20.1 Å². The van der Waals surface area contributed by atoms with Crippen LogP contribution in [0.25, 0.3) is 10.9 Å². The number of ether oxygens (including phenoxy) is 2. The largest absolute Gasteiger partial charge is 0.493 e. The maximum Gasteiger partial charge on any atom is 0.246 e. The van der Waals surface area contributed by atoms with E-state index in [0.29, 0.717) is 46.7 Å². The molecule has 11 nitrogen and oxygen atoms in total. The number of rotatable bonds is 12. The highest BCUT2D eigenvalue weighted by Crippen LogP contribution is 2.34. The number of hydrogen-bond acceptors (Lipinski definition) is 9. The van der Waals surface area contributed by atoms with Crippen molar-refractivity contribution in [3.63, 3.8) is 0 Å². The van der Waals surface area contributed by atoms with E-state index in [1.54, 1.807) is 25.6 Å². The van der Waals surface area contributed by atoms with Gasteiger partial charge in [-0.15, -0.1) is 0 Å². The smallest absolute Gasteiger partial charge is 0.246 e. The number of aliphatic hydroxyl groups excluding tert-OH is 1. The van der Waals surface area contributed by atoms with E-state index in [2.05, 4.69) is 30.6 Å². The Morgan fingerprint density at radius 1 is 1.15 bits per heavy atom. The molecule has 0 spiro atoms. The Balaban J connectivity index is 1.19. The van der Waals surface area contributed by atoms with E-state index in [1.165, 1.54) is 29.2 Å². The quantitative estimate of drug-likeness (QED) is 0.221. The molecule has 41 heavy (non-hydrogen) atoms. The number of amides is 1. The van der Waals surface area contributed by atoms with Gasteiger partial charge in [-0.05, 0) is 62.5 Å². The normalized spacial score (nSPS) is 14.2. The zero-order valence-corrected chi connectivity index (χ0v) is 22.9. The monoisotopic (exact) mass is 563 g/mol. The minimum absolute atomic E-state index is 0.0435. The first-order valence-electron chi connectivity index (χ1n) is 13.6. The Kier molecular flexibility index (Phi) is 9.22. The average molecular weight is 564 g/mol. The van der Waals surface area contributed by atoms with E-state index in [1.807, 2.05) is 12.1 Å². The SMILES string of the molecule is COc1cc2c(Nc3cnn(CC(=O)Nc4cccc(F)c4)c3)ncnc2cc1OCCCN1CCC(CO)CC1. The van der Waals surface area contributed by atoms with Crippen LogP contribution in [0.2, 0.25) is 0 Å². The van der Waals surface area contributed by atoms with Gasteiger partial charge in [0, 0.05) is 36.5 Å². The number of carbonyl (C=O) groups is 1. The van der Waals surface area contributed by atoms with E-state index < -0.39 is 5.82 Å². The third-order valence-corrected chi connectivity index (χ3v) is 7.07. The molecule has 1 amide bonds. The maximum absolute atomic E-state index is 13.4. The first-order valence-corrected chi connectivity index (χ1v) is 13.6. The molecule has 1 fully saturated rings. The summed E-state index contributed by atoms with van der Waals surface area (Å²) < 4.78 is 26.5. The van der Waals surface area contributed by atoms with Crippen molar-refractivity contribution in [2.24, 2.45) is 5.92 Å². The zero-order valence-electron chi connectivity index (χ0n) is 22.9. The molecule has 2 aromatic carbocycles. The molecule has 0 unspecified atom stereocenters. The van der Waals surface area contributed by atoms with Gasteiger partial charge in [-0.3, -0.25) is 9.48 Å². The van der Waals surface area contributed by atoms with Crippen LogP contribution >= 0.6 is 0 Å². The minimum atomic E-state index is -0.424. The molecule has 12 heteroatoms. The molecule has 0 aliphatic carbocycles. The summed E-state index contributed by atoms with van der Waals surface area (Å²) in [6, 6.07) is 9.39. The van der Waals surface area contributed by atoms with Crippen molar-refractivity contribution in [3.8, 4) is 11.5 Å². The Bertz CT molecular complexity index is 1470. The summed E-state index contributed by atoms with van der Waals surface area (Å²) in [5.74, 6) is 1.41. The summed E-state index contributed by atoms with van der Waals surface area (Å²) in [5.41, 5.74) is 1.70. The van der Waals surface area contributed by atoms with E-state index >= 15 is 0 Å². The van der Waals surface area contributed by atoms with E-state index in [-0.39, 0.29) is 19.1 Å². The number of anilines is 3. The number of nitrogens with one attached hydrogen (secondary N) is 2. The molecular weight excluding hydrogens is 529 g/mol. The lowest BCUT2D eigenvalue weighted by Gasteiger charge is -2.30. The summed E-state index contributed by atoms with van der Waals surface area (Å²) >= 11 is 0. The summed E-state index contributed by atoms with van der Waals surface area (Å²) in [6.45, 7) is 3.75. The van der Waals surface area contributed by atoms with Crippen LogP contribution in [0, 0.1) is 11.7 Å². The predicted molar refractivity (Wildman–Crippen MR) is 153 cm³/mol. The van der Waals surface area contributed by atoms with Crippen molar-refractivity contribution in [2.45, 2.75) is 25.8 Å². The second-order valence-corrected chi connectivity index (χ2v) is 10.0. The molecule has 3 heterocycles. The van der Waals surface area contributed by atoms with E-state index in [4.69, 9.17) is 9.47 Å². The average Bonchev–Trinajstić information content (AvgIpc) is 3.41. The van der Waals surface area contributed by atoms with Crippen molar-refractivity contribution in [1.29, 1.82) is 0 Å². The Morgan fingerprint density at radius 3 is 2.78 bits per heavy atom. The first kappa shape index (κ1) is 28.2. The summed E-state index contributed by atoms with van der Waals surface area (Å²) in [4.78, 5) is 23.6. The highest BCUT2D eigenvalue weighted by molar-refractivity contribution is 5.93. The lowest BCUT2D eigenvalue weighted by molar-refractivity contribution is -0.116. The third kappa shape index (κ3) is 7.47. The van der Waals surface area contributed by atoms with E-state index in [9.17, 15) is 14.3 Å². The molecule has 1 aliphatic heterocycles. The highest BCUT2D eigenvalue weighted by Gasteiger charge is 2.18. The van der Waals surface area contributed by atoms with Crippen LogP contribution in [-0.4, -0.2) is 75.6 Å². The Hall–Kier alpha value is -4.29. The molecule has 0 bridgehead atoms. The standard InChI is InChI=1S/C29H34FN7O4/c1-40-26-13-24-25(14-27(26)41-11-3-8-36-9-6-20(18-38)7-10-36)31-19-32-29(24)35-23-15-33-37(16-23)17-28(39)34-22-5-2-4-21(30)12-22/h2,4-5,12-16,19-20,38H,3,6-11,17-18H2,1H3,(H,34,39)(H,31,32,35). The maximum atomic E-state index is 13.4. The Morgan fingerprint density at radius 2 is 2.00 bits per heavy atom. The summed E-state index contributed by atoms with van der Waals surface area (Å²) in [6.07, 6.45) is 7.70. The number of piperidine rings is 1. The number of halogens is 1. The topological polar surface area (TPSA) is 127 Å². The number of benzene rings is 2. The molecule has 1 aliphatic rings. The van der Waals surface area contributed by atoms with Crippen LogP contribution in [0.15, 0.2) is 55.1 Å². The van der Waals surface area contributed by atoms with Crippen LogP contribution in [0.1, 0.15) is 19.3 Å². The second kappa shape index (κ2) is 13.4. The molecule has 4 aromatic rings. The van der Waals surface area contributed by atoms with Crippen molar-refractivity contribution in [2.75, 3.05) is 50.6 Å². The van der Waals surface area contributed by atoms with E-state index in [0.717, 1.165) is 44.3 Å². The van der Waals surface area contributed by atoms with Gasteiger partial charge in [-0.1, -0.05) is 6.07 Å². The van der Waals surface area contributed by atoms with Gasteiger partial charge in [-0.2, -0.15) is 5.10 Å². The molecule has 0 radical (unpaired) electrons. The van der Waals surface area contributed by atoms with Crippen molar-refractivity contribution in [1.82, 2.24) is 24.6 Å². The molecule has 5 rings (SSSR count). The van der Waals surface area contributed by atoms with Crippen molar-refractivity contribution >= 4 is 34.0 Å². The number of hydrogen-bond donors (Lipinski definition) is 3. The van der Waals surface area contributed by atoms with Crippen LogP contribution in [0.5, 0.6) is 11.5 Å². The van der Waals surface area contributed by atoms with Crippen molar-refractivity contribution < 1.29 is 23.8 Å². The fourth-order valence-corrected chi connectivity index (χ4v) is 4.86. The van der Waals surface area contributed by atoms with Gasteiger partial charge in [0.25, 0.3) is 0 Å². The highest BCUT2D eigenvalue weighted by atomic mass is 19.1. The van der Waals surface area contributed by atoms with Gasteiger partial charge in [-0.25, -0.2) is 14.4 Å². The van der Waals surface area contributed by atoms with Gasteiger partial charge >= 0.3 is 0 Å². The lowest BCUT2D eigenvalue weighted by Crippen LogP contribution is -2.35. The number of carbonyl (C=O) groups excluding carboxylic acids is 1. The number of likely N-dealkylation sites (tertiary alicyclic amines) is 1. The zero-order chi connectivity index (χ0) is 28.6. The fourth-order valence-electron chi connectivity index (χ4n) is 4.86. The number of methoxy groups -OCH3 is 1. The molecule has 216 valence electrons. The van der Waals surface area contributed by atoms with Gasteiger partial charge in [0.1, 0.15) is 24.5 Å². The van der Waals surface area contributed by atoms with Crippen LogP contribution in [0.4, 0.5) is 21.6 Å².